The molecule has 2 aromatic carbocycles. The van der Waals surface area contributed by atoms with Gasteiger partial charge < -0.3 is 35.6 Å². The molecule has 3 aliphatic rings. The number of halogens is 2. The van der Waals surface area contributed by atoms with E-state index in [9.17, 15) is 19.5 Å². The van der Waals surface area contributed by atoms with Crippen LogP contribution in [0, 0.1) is 0 Å². The van der Waals surface area contributed by atoms with Crippen LogP contribution in [0.15, 0.2) is 60.8 Å². The zero-order valence-electron chi connectivity index (χ0n) is 29.5. The molecule has 0 bridgehead atoms. The number of aliphatic hydroxyl groups excluding tert-OH is 1. The highest BCUT2D eigenvalue weighted by Gasteiger charge is 2.47. The van der Waals surface area contributed by atoms with E-state index in [1.165, 1.54) is 7.11 Å². The Balaban J connectivity index is 1.00. The molecule has 4 heterocycles. The first-order valence-corrected chi connectivity index (χ1v) is 18.5. The first-order valence-electron chi connectivity index (χ1n) is 17.7. The number of anilines is 1. The molecule has 13 nitrogen and oxygen atoms in total. The van der Waals surface area contributed by atoms with Crippen LogP contribution in [0.3, 0.4) is 0 Å². The predicted molar refractivity (Wildman–Crippen MR) is 202 cm³/mol. The van der Waals surface area contributed by atoms with Crippen LogP contribution >= 0.6 is 23.2 Å². The fourth-order valence-electron chi connectivity index (χ4n) is 7.53. The van der Waals surface area contributed by atoms with Crippen molar-refractivity contribution in [2.45, 2.75) is 62.9 Å². The maximum absolute atomic E-state index is 13.5. The molecule has 4 aromatic rings. The minimum Gasteiger partial charge on any atom is -0.481 e. The minimum absolute atomic E-state index is 0.0692. The maximum atomic E-state index is 13.5. The van der Waals surface area contributed by atoms with Gasteiger partial charge in [-0.2, -0.15) is 4.98 Å². The van der Waals surface area contributed by atoms with Crippen molar-refractivity contribution in [1.29, 1.82) is 0 Å². The van der Waals surface area contributed by atoms with Crippen molar-refractivity contribution in [2.75, 3.05) is 32.1 Å². The molecule has 2 amide bonds. The van der Waals surface area contributed by atoms with Crippen LogP contribution in [0.1, 0.15) is 64.4 Å². The number of carbonyl (C=O) groups is 3. The van der Waals surface area contributed by atoms with Gasteiger partial charge in [-0.3, -0.25) is 19.3 Å². The van der Waals surface area contributed by atoms with Crippen LogP contribution in [0.5, 0.6) is 11.8 Å². The zero-order valence-corrected chi connectivity index (χ0v) is 31.0. The van der Waals surface area contributed by atoms with E-state index in [0.717, 1.165) is 47.3 Å². The van der Waals surface area contributed by atoms with Crippen molar-refractivity contribution in [3.05, 3.63) is 98.7 Å². The van der Waals surface area contributed by atoms with Gasteiger partial charge in [-0.05, 0) is 59.7 Å². The third-order valence-corrected chi connectivity index (χ3v) is 10.7. The average Bonchev–Trinajstić information content (AvgIpc) is 3.73. The smallest absolute Gasteiger partial charge is 0.306 e. The summed E-state index contributed by atoms with van der Waals surface area (Å²) >= 11 is 13.6. The Morgan fingerprint density at radius 2 is 1.89 bits per heavy atom. The summed E-state index contributed by atoms with van der Waals surface area (Å²) in [6, 6.07) is 16.7. The van der Waals surface area contributed by atoms with Gasteiger partial charge in [0.2, 0.25) is 17.7 Å². The summed E-state index contributed by atoms with van der Waals surface area (Å²) in [6.07, 6.45) is 2.82. The number of benzene rings is 2. The Bertz CT molecular complexity index is 2080. The molecule has 1 aliphatic carbocycles. The highest BCUT2D eigenvalue weighted by atomic mass is 35.5. The van der Waals surface area contributed by atoms with Crippen LogP contribution in [0.25, 0.3) is 11.1 Å². The molecule has 0 saturated carbocycles. The summed E-state index contributed by atoms with van der Waals surface area (Å²) in [5.41, 5.74) is 5.51. The normalized spacial score (nSPS) is 17.8. The highest BCUT2D eigenvalue weighted by molar-refractivity contribution is 6.37. The first-order chi connectivity index (χ1) is 26.0. The quantitative estimate of drug-likeness (QED) is 0.114. The second kappa shape index (κ2) is 15.9. The number of methoxy groups -OCH3 is 1. The fourth-order valence-corrected chi connectivity index (χ4v) is 8.07. The van der Waals surface area contributed by atoms with Crippen LogP contribution in [0.4, 0.5) is 5.82 Å². The number of carboxylic acids is 1. The highest BCUT2D eigenvalue weighted by Crippen LogP contribution is 2.43. The standard InChI is InChI=1S/C39H40Cl2N6O7/c1-53-37-23(17-42-18-24(48)15-34(50)51)14-30(40)38(45-37)54-31-10-9-26-25(4-2-5-27(26)31)28-6-3-7-29(35(28)41)36(52)44-32-11-8-22(16-43-32)19-47-20-39(21-47)13-12-33(49)46-39/h2-8,11,14,16,24,31,42,48H,9-10,12-13,15,17-21H2,1H3,(H,46,49)(H,50,51)(H,43,44,52)/t24-,31-/m0/s1. The number of carbonyl (C=O) groups excluding carboxylic acids is 2. The van der Waals surface area contributed by atoms with E-state index < -0.39 is 12.1 Å². The van der Waals surface area contributed by atoms with E-state index in [1.807, 2.05) is 30.3 Å². The van der Waals surface area contributed by atoms with Gasteiger partial charge in [0.15, 0.2) is 0 Å². The van der Waals surface area contributed by atoms with E-state index in [-0.39, 0.29) is 59.8 Å². The minimum atomic E-state index is -1.08. The van der Waals surface area contributed by atoms with Crippen LogP contribution in [-0.4, -0.2) is 81.3 Å². The van der Waals surface area contributed by atoms with Gasteiger partial charge in [0, 0.05) is 56.5 Å². The molecule has 2 fully saturated rings. The molecular formula is C39H40Cl2N6O7. The average molecular weight is 776 g/mol. The lowest BCUT2D eigenvalue weighted by Gasteiger charge is -2.47. The second-order valence-corrected chi connectivity index (χ2v) is 14.8. The van der Waals surface area contributed by atoms with Crippen molar-refractivity contribution < 1.29 is 34.1 Å². The summed E-state index contributed by atoms with van der Waals surface area (Å²) in [4.78, 5) is 47.2. The third-order valence-electron chi connectivity index (χ3n) is 10.0. The molecule has 282 valence electrons. The number of pyridine rings is 2. The molecule has 2 aromatic heterocycles. The largest absolute Gasteiger partial charge is 0.481 e. The Morgan fingerprint density at radius 1 is 1.09 bits per heavy atom. The number of hydrogen-bond acceptors (Lipinski definition) is 10. The number of aliphatic carboxylic acids is 1. The molecule has 2 atom stereocenters. The summed E-state index contributed by atoms with van der Waals surface area (Å²) in [5.74, 6) is -0.423. The van der Waals surface area contributed by atoms with Crippen LogP contribution < -0.4 is 25.4 Å². The number of nitrogens with one attached hydrogen (secondary N) is 3. The Morgan fingerprint density at radius 3 is 2.61 bits per heavy atom. The molecule has 0 radical (unpaired) electrons. The molecule has 15 heteroatoms. The van der Waals surface area contributed by atoms with Crippen molar-refractivity contribution in [3.8, 4) is 22.9 Å². The van der Waals surface area contributed by atoms with Crippen LogP contribution in [-0.2, 0) is 29.1 Å². The summed E-state index contributed by atoms with van der Waals surface area (Å²) in [7, 11) is 1.48. The number of aliphatic hydroxyl groups is 1. The number of ether oxygens (including phenoxy) is 2. The topological polar surface area (TPSA) is 175 Å². The second-order valence-electron chi connectivity index (χ2n) is 14.0. The third kappa shape index (κ3) is 8.15. The Labute approximate surface area is 322 Å². The lowest BCUT2D eigenvalue weighted by Crippen LogP contribution is -2.66. The molecule has 54 heavy (non-hydrogen) atoms. The van der Waals surface area contributed by atoms with E-state index >= 15 is 0 Å². The fraction of sp³-hybridized carbons (Fsp3) is 0.359. The molecule has 7 rings (SSSR count). The number of fused-ring (bicyclic) bond motifs is 1. The lowest BCUT2D eigenvalue weighted by atomic mass is 9.88. The van der Waals surface area contributed by atoms with Crippen molar-refractivity contribution in [3.63, 3.8) is 0 Å². The van der Waals surface area contributed by atoms with Gasteiger partial charge in [-0.1, -0.05) is 59.6 Å². The summed E-state index contributed by atoms with van der Waals surface area (Å²) < 4.78 is 11.8. The number of likely N-dealkylation sites (tertiary alicyclic amines) is 1. The van der Waals surface area contributed by atoms with Crippen molar-refractivity contribution >= 4 is 46.8 Å². The number of aromatic nitrogens is 2. The van der Waals surface area contributed by atoms with E-state index in [2.05, 4.69) is 30.8 Å². The molecule has 5 N–H and O–H groups in total. The van der Waals surface area contributed by atoms with Crippen LogP contribution in [0.2, 0.25) is 10.0 Å². The molecular weight excluding hydrogens is 735 g/mol. The van der Waals surface area contributed by atoms with Crippen molar-refractivity contribution in [2.24, 2.45) is 0 Å². The van der Waals surface area contributed by atoms with Gasteiger partial charge in [0.05, 0.1) is 35.8 Å². The van der Waals surface area contributed by atoms with Gasteiger partial charge in [-0.15, -0.1) is 0 Å². The number of rotatable bonds is 14. The zero-order chi connectivity index (χ0) is 38.0. The summed E-state index contributed by atoms with van der Waals surface area (Å²) in [6.45, 7) is 2.68. The van der Waals surface area contributed by atoms with Gasteiger partial charge in [0.1, 0.15) is 16.9 Å². The first kappa shape index (κ1) is 37.5. The predicted octanol–water partition coefficient (Wildman–Crippen LogP) is 5.17. The number of hydrogen-bond donors (Lipinski definition) is 5. The monoisotopic (exact) mass is 774 g/mol. The number of carboxylic acid groups (broad SMARTS) is 1. The maximum Gasteiger partial charge on any atom is 0.306 e. The van der Waals surface area contributed by atoms with Crippen molar-refractivity contribution in [1.82, 2.24) is 25.5 Å². The lowest BCUT2D eigenvalue weighted by molar-refractivity contribution is -0.139. The Hall–Kier alpha value is -4.79. The van der Waals surface area contributed by atoms with Gasteiger partial charge in [-0.25, -0.2) is 4.98 Å². The summed E-state index contributed by atoms with van der Waals surface area (Å²) in [5, 5.41) is 28.3. The molecule has 1 spiro atoms. The number of nitrogens with zero attached hydrogens (tertiary/aromatic N) is 3. The molecule has 2 aliphatic heterocycles. The van der Waals surface area contributed by atoms with E-state index in [0.29, 0.717) is 47.8 Å². The van der Waals surface area contributed by atoms with E-state index in [4.69, 9.17) is 37.8 Å². The number of amides is 2. The molecule has 0 unspecified atom stereocenters. The van der Waals surface area contributed by atoms with Gasteiger partial charge in [0.25, 0.3) is 5.91 Å². The van der Waals surface area contributed by atoms with Gasteiger partial charge >= 0.3 is 5.97 Å². The van der Waals surface area contributed by atoms with E-state index in [1.54, 1.807) is 30.5 Å². The SMILES string of the molecule is COc1nc(O[C@H]2CCc3c(-c4cccc(C(=O)Nc5ccc(CN6CC7(CCC(=O)N7)C6)cn5)c4Cl)cccc32)c(Cl)cc1CNC[C@@H](O)CC(=O)O. The molecule has 2 saturated heterocycles. The Kier molecular flexibility index (Phi) is 11.0.